The molecular formula is C28H30Cl2N2O2. The lowest BCUT2D eigenvalue weighted by atomic mass is 10.0. The largest absolute Gasteiger partial charge is 0.352 e. The molecule has 0 bridgehead atoms. The Morgan fingerprint density at radius 2 is 1.50 bits per heavy atom. The molecule has 0 aliphatic carbocycles. The van der Waals surface area contributed by atoms with Crippen LogP contribution in [0.25, 0.3) is 0 Å². The maximum atomic E-state index is 13.6. The van der Waals surface area contributed by atoms with Crippen LogP contribution in [0.15, 0.2) is 78.9 Å². The van der Waals surface area contributed by atoms with E-state index in [-0.39, 0.29) is 24.3 Å². The Kier molecular flexibility index (Phi) is 9.55. The summed E-state index contributed by atoms with van der Waals surface area (Å²) < 4.78 is 0. The van der Waals surface area contributed by atoms with Crippen LogP contribution in [0.2, 0.25) is 10.0 Å². The summed E-state index contributed by atoms with van der Waals surface area (Å²) in [4.78, 5) is 28.6. The first kappa shape index (κ1) is 25.8. The Morgan fingerprint density at radius 1 is 0.853 bits per heavy atom. The number of halogens is 2. The van der Waals surface area contributed by atoms with Crippen LogP contribution in [0.4, 0.5) is 0 Å². The monoisotopic (exact) mass is 496 g/mol. The zero-order chi connectivity index (χ0) is 24.5. The van der Waals surface area contributed by atoms with E-state index in [0.29, 0.717) is 29.4 Å². The van der Waals surface area contributed by atoms with E-state index in [1.54, 1.807) is 17.0 Å². The van der Waals surface area contributed by atoms with Crippen molar-refractivity contribution in [2.75, 3.05) is 0 Å². The van der Waals surface area contributed by atoms with Gasteiger partial charge in [0.15, 0.2) is 0 Å². The van der Waals surface area contributed by atoms with Gasteiger partial charge in [-0.1, -0.05) is 83.9 Å². The lowest BCUT2D eigenvalue weighted by Gasteiger charge is -2.32. The lowest BCUT2D eigenvalue weighted by molar-refractivity contribution is -0.141. The number of amides is 2. The minimum atomic E-state index is -0.653. The van der Waals surface area contributed by atoms with Gasteiger partial charge in [-0.25, -0.2) is 0 Å². The minimum absolute atomic E-state index is 0.0404. The standard InChI is InChI=1S/C28H30Cl2N2O2/c1-20(2)31-28(34)26(18-21-8-4-3-5-9-21)32(19-22-12-15-24(29)16-13-22)27(33)17-14-23-10-6-7-11-25(23)30/h3-13,15-16,20,26H,14,17-19H2,1-2H3,(H,31,34). The second kappa shape index (κ2) is 12.6. The fraction of sp³-hybridized carbons (Fsp3) is 0.286. The number of aryl methyl sites for hydroxylation is 1. The zero-order valence-electron chi connectivity index (χ0n) is 19.5. The summed E-state index contributed by atoms with van der Waals surface area (Å²) in [5.41, 5.74) is 2.81. The summed E-state index contributed by atoms with van der Waals surface area (Å²) >= 11 is 12.4. The maximum Gasteiger partial charge on any atom is 0.243 e. The van der Waals surface area contributed by atoms with E-state index in [1.165, 1.54) is 0 Å². The molecule has 0 aliphatic heterocycles. The molecule has 2 amide bonds. The average molecular weight is 497 g/mol. The zero-order valence-corrected chi connectivity index (χ0v) is 21.0. The molecule has 3 aromatic carbocycles. The Labute approximate surface area is 211 Å². The first-order chi connectivity index (χ1) is 16.3. The molecule has 0 heterocycles. The maximum absolute atomic E-state index is 13.6. The predicted octanol–water partition coefficient (Wildman–Crippen LogP) is 6.09. The summed E-state index contributed by atoms with van der Waals surface area (Å²) in [6.07, 6.45) is 1.17. The Morgan fingerprint density at radius 3 is 2.15 bits per heavy atom. The number of nitrogens with one attached hydrogen (secondary N) is 1. The van der Waals surface area contributed by atoms with Crippen molar-refractivity contribution in [1.29, 1.82) is 0 Å². The minimum Gasteiger partial charge on any atom is -0.352 e. The van der Waals surface area contributed by atoms with Crippen LogP contribution in [0, 0.1) is 0 Å². The van der Waals surface area contributed by atoms with Gasteiger partial charge in [0.05, 0.1) is 0 Å². The Hall–Kier alpha value is -2.82. The third-order valence-corrected chi connectivity index (χ3v) is 6.15. The fourth-order valence-corrected chi connectivity index (χ4v) is 4.16. The van der Waals surface area contributed by atoms with Crippen molar-refractivity contribution in [3.8, 4) is 0 Å². The first-order valence-electron chi connectivity index (χ1n) is 11.4. The first-order valence-corrected chi connectivity index (χ1v) is 12.2. The van der Waals surface area contributed by atoms with E-state index in [9.17, 15) is 9.59 Å². The van der Waals surface area contributed by atoms with Gasteiger partial charge >= 0.3 is 0 Å². The van der Waals surface area contributed by atoms with Crippen LogP contribution in [0.3, 0.4) is 0 Å². The van der Waals surface area contributed by atoms with Gasteiger partial charge in [-0.05, 0) is 55.2 Å². The molecule has 0 saturated carbocycles. The van der Waals surface area contributed by atoms with Gasteiger partial charge in [0.25, 0.3) is 0 Å². The van der Waals surface area contributed by atoms with Crippen molar-refractivity contribution < 1.29 is 9.59 Å². The SMILES string of the molecule is CC(C)NC(=O)C(Cc1ccccc1)N(Cc1ccc(Cl)cc1)C(=O)CCc1ccccc1Cl. The van der Waals surface area contributed by atoms with Crippen molar-refractivity contribution in [2.45, 2.75) is 51.7 Å². The quantitative estimate of drug-likeness (QED) is 0.369. The summed E-state index contributed by atoms with van der Waals surface area (Å²) in [6.45, 7) is 4.14. The topological polar surface area (TPSA) is 49.4 Å². The van der Waals surface area contributed by atoms with Crippen molar-refractivity contribution >= 4 is 35.0 Å². The molecule has 0 spiro atoms. The van der Waals surface area contributed by atoms with E-state index in [4.69, 9.17) is 23.2 Å². The molecule has 1 unspecified atom stereocenters. The van der Waals surface area contributed by atoms with Gasteiger partial charge in [-0.3, -0.25) is 9.59 Å². The third-order valence-electron chi connectivity index (χ3n) is 5.53. The van der Waals surface area contributed by atoms with Crippen molar-refractivity contribution in [2.24, 2.45) is 0 Å². The number of hydrogen-bond acceptors (Lipinski definition) is 2. The van der Waals surface area contributed by atoms with Crippen LogP contribution in [-0.2, 0) is 29.0 Å². The van der Waals surface area contributed by atoms with E-state index in [2.05, 4.69) is 5.32 Å². The molecule has 0 fully saturated rings. The van der Waals surface area contributed by atoms with Crippen LogP contribution in [-0.4, -0.2) is 28.8 Å². The van der Waals surface area contributed by atoms with Crippen molar-refractivity contribution in [1.82, 2.24) is 10.2 Å². The molecule has 34 heavy (non-hydrogen) atoms. The second-order valence-electron chi connectivity index (χ2n) is 8.61. The highest BCUT2D eigenvalue weighted by molar-refractivity contribution is 6.31. The molecule has 6 heteroatoms. The molecule has 0 radical (unpaired) electrons. The number of rotatable bonds is 10. The van der Waals surface area contributed by atoms with Gasteiger partial charge in [-0.15, -0.1) is 0 Å². The molecule has 0 aromatic heterocycles. The van der Waals surface area contributed by atoms with Crippen molar-refractivity contribution in [3.63, 3.8) is 0 Å². The van der Waals surface area contributed by atoms with E-state index in [1.807, 2.05) is 80.6 Å². The summed E-state index contributed by atoms with van der Waals surface area (Å²) in [5.74, 6) is -0.270. The van der Waals surface area contributed by atoms with Crippen LogP contribution >= 0.6 is 23.2 Å². The number of hydrogen-bond donors (Lipinski definition) is 1. The molecule has 1 atom stereocenters. The number of carbonyl (C=O) groups is 2. The summed E-state index contributed by atoms with van der Waals surface area (Å²) in [5, 5.41) is 4.26. The number of carbonyl (C=O) groups excluding carboxylic acids is 2. The summed E-state index contributed by atoms with van der Waals surface area (Å²) in [6, 6.07) is 24.0. The normalized spacial score (nSPS) is 11.8. The highest BCUT2D eigenvalue weighted by atomic mass is 35.5. The third kappa shape index (κ3) is 7.61. The fourth-order valence-electron chi connectivity index (χ4n) is 3.81. The van der Waals surface area contributed by atoms with E-state index < -0.39 is 6.04 Å². The van der Waals surface area contributed by atoms with Gasteiger partial charge < -0.3 is 10.2 Å². The molecule has 3 aromatic rings. The van der Waals surface area contributed by atoms with Crippen LogP contribution in [0.5, 0.6) is 0 Å². The van der Waals surface area contributed by atoms with Crippen molar-refractivity contribution in [3.05, 3.63) is 106 Å². The lowest BCUT2D eigenvalue weighted by Crippen LogP contribution is -2.51. The highest BCUT2D eigenvalue weighted by Crippen LogP contribution is 2.20. The predicted molar refractivity (Wildman–Crippen MR) is 139 cm³/mol. The molecule has 0 aliphatic rings. The molecule has 3 rings (SSSR count). The van der Waals surface area contributed by atoms with E-state index >= 15 is 0 Å². The van der Waals surface area contributed by atoms with Gasteiger partial charge in [0.2, 0.25) is 11.8 Å². The number of benzene rings is 3. The molecule has 1 N–H and O–H groups in total. The van der Waals surface area contributed by atoms with Crippen LogP contribution < -0.4 is 5.32 Å². The molecule has 4 nitrogen and oxygen atoms in total. The van der Waals surface area contributed by atoms with Gasteiger partial charge in [0.1, 0.15) is 6.04 Å². The van der Waals surface area contributed by atoms with E-state index in [0.717, 1.165) is 16.7 Å². The van der Waals surface area contributed by atoms with Crippen LogP contribution in [0.1, 0.15) is 37.0 Å². The summed E-state index contributed by atoms with van der Waals surface area (Å²) in [7, 11) is 0. The highest BCUT2D eigenvalue weighted by Gasteiger charge is 2.30. The average Bonchev–Trinajstić information content (AvgIpc) is 2.82. The second-order valence-corrected chi connectivity index (χ2v) is 9.45. The molecular weight excluding hydrogens is 467 g/mol. The molecule has 0 saturated heterocycles. The smallest absolute Gasteiger partial charge is 0.243 e. The Bertz CT molecular complexity index is 1090. The van der Waals surface area contributed by atoms with Gasteiger partial charge in [-0.2, -0.15) is 0 Å². The van der Waals surface area contributed by atoms with Gasteiger partial charge in [0, 0.05) is 35.5 Å². The Balaban J connectivity index is 1.91. The molecule has 178 valence electrons. The number of nitrogens with zero attached hydrogens (tertiary/aromatic N) is 1.